The van der Waals surface area contributed by atoms with Gasteiger partial charge in [0.25, 0.3) is 0 Å². The van der Waals surface area contributed by atoms with E-state index in [-0.39, 0.29) is 0 Å². The minimum atomic E-state index is 0.745. The summed E-state index contributed by atoms with van der Waals surface area (Å²) >= 11 is 3.50. The average Bonchev–Trinajstić information content (AvgIpc) is 2.33. The van der Waals surface area contributed by atoms with Crippen LogP contribution in [0.4, 0.5) is 22.7 Å². The SMILES string of the molecule is CN(C)c1cccc(Nc2ccc(N)cc2Br)c1. The molecule has 0 saturated carbocycles. The highest BCUT2D eigenvalue weighted by Gasteiger charge is 2.02. The third-order valence-corrected chi connectivity index (χ3v) is 3.29. The first kappa shape index (κ1) is 12.8. The number of benzene rings is 2. The maximum atomic E-state index is 5.72. The third kappa shape index (κ3) is 2.96. The molecule has 0 spiro atoms. The minimum absolute atomic E-state index is 0.745. The van der Waals surface area contributed by atoms with E-state index < -0.39 is 0 Å². The Balaban J connectivity index is 2.25. The number of halogens is 1. The van der Waals surface area contributed by atoms with Crippen LogP contribution in [-0.2, 0) is 0 Å². The van der Waals surface area contributed by atoms with Crippen LogP contribution in [0.1, 0.15) is 0 Å². The summed E-state index contributed by atoms with van der Waals surface area (Å²) in [6.07, 6.45) is 0. The predicted octanol–water partition coefficient (Wildman–Crippen LogP) is 3.84. The molecule has 94 valence electrons. The van der Waals surface area contributed by atoms with Crippen LogP contribution < -0.4 is 16.0 Å². The van der Waals surface area contributed by atoms with Crippen molar-refractivity contribution in [3.8, 4) is 0 Å². The summed E-state index contributed by atoms with van der Waals surface area (Å²) < 4.78 is 0.956. The Morgan fingerprint density at radius 2 is 1.89 bits per heavy atom. The number of hydrogen-bond acceptors (Lipinski definition) is 3. The van der Waals surface area contributed by atoms with Gasteiger partial charge < -0.3 is 16.0 Å². The van der Waals surface area contributed by atoms with Gasteiger partial charge in [0.1, 0.15) is 0 Å². The molecule has 0 bridgehead atoms. The Bertz CT molecular complexity index is 552. The summed E-state index contributed by atoms with van der Waals surface area (Å²) in [7, 11) is 4.05. The van der Waals surface area contributed by atoms with Gasteiger partial charge in [-0.2, -0.15) is 0 Å². The molecule has 0 aliphatic carbocycles. The van der Waals surface area contributed by atoms with E-state index in [1.54, 1.807) is 0 Å². The van der Waals surface area contributed by atoms with Crippen LogP contribution in [0, 0.1) is 0 Å². The van der Waals surface area contributed by atoms with Gasteiger partial charge >= 0.3 is 0 Å². The van der Waals surface area contributed by atoms with Gasteiger partial charge in [-0.25, -0.2) is 0 Å². The fourth-order valence-corrected chi connectivity index (χ4v) is 2.15. The van der Waals surface area contributed by atoms with Crippen molar-refractivity contribution in [1.82, 2.24) is 0 Å². The predicted molar refractivity (Wildman–Crippen MR) is 82.6 cm³/mol. The molecule has 2 aromatic rings. The third-order valence-electron chi connectivity index (χ3n) is 2.63. The van der Waals surface area contributed by atoms with Gasteiger partial charge in [-0.15, -0.1) is 0 Å². The molecule has 0 unspecified atom stereocenters. The summed E-state index contributed by atoms with van der Waals surface area (Å²) in [5.74, 6) is 0. The second-order valence-electron chi connectivity index (χ2n) is 4.31. The van der Waals surface area contributed by atoms with Gasteiger partial charge in [0.05, 0.1) is 5.69 Å². The zero-order valence-corrected chi connectivity index (χ0v) is 12.0. The largest absolute Gasteiger partial charge is 0.399 e. The van der Waals surface area contributed by atoms with Crippen molar-refractivity contribution in [1.29, 1.82) is 0 Å². The summed E-state index contributed by atoms with van der Waals surface area (Å²) in [5, 5.41) is 3.37. The van der Waals surface area contributed by atoms with Crippen LogP contribution in [0.25, 0.3) is 0 Å². The monoisotopic (exact) mass is 305 g/mol. The first-order valence-electron chi connectivity index (χ1n) is 5.66. The number of nitrogens with zero attached hydrogens (tertiary/aromatic N) is 1. The molecule has 0 aliphatic rings. The van der Waals surface area contributed by atoms with Crippen molar-refractivity contribution in [2.24, 2.45) is 0 Å². The molecule has 2 rings (SSSR count). The Labute approximate surface area is 116 Å². The zero-order valence-electron chi connectivity index (χ0n) is 10.4. The molecule has 4 heteroatoms. The first-order chi connectivity index (χ1) is 8.56. The Kier molecular flexibility index (Phi) is 3.77. The minimum Gasteiger partial charge on any atom is -0.399 e. The Morgan fingerprint density at radius 1 is 1.11 bits per heavy atom. The Hall–Kier alpha value is -1.68. The van der Waals surface area contributed by atoms with Gasteiger partial charge in [0.2, 0.25) is 0 Å². The standard InChI is InChI=1S/C14H16BrN3/c1-18(2)12-5-3-4-11(9-12)17-14-7-6-10(16)8-13(14)15/h3-9,17H,16H2,1-2H3. The van der Waals surface area contributed by atoms with Crippen molar-refractivity contribution in [3.05, 3.63) is 46.9 Å². The lowest BCUT2D eigenvalue weighted by Gasteiger charge is -2.15. The van der Waals surface area contributed by atoms with Gasteiger partial charge in [-0.3, -0.25) is 0 Å². The van der Waals surface area contributed by atoms with Crippen LogP contribution in [0.5, 0.6) is 0 Å². The topological polar surface area (TPSA) is 41.3 Å². The van der Waals surface area contributed by atoms with E-state index in [0.717, 1.165) is 27.2 Å². The smallest absolute Gasteiger partial charge is 0.0530 e. The molecule has 3 N–H and O–H groups in total. The number of anilines is 4. The summed E-state index contributed by atoms with van der Waals surface area (Å²) in [6, 6.07) is 14.0. The highest BCUT2D eigenvalue weighted by molar-refractivity contribution is 9.10. The molecule has 0 aromatic heterocycles. The highest BCUT2D eigenvalue weighted by Crippen LogP contribution is 2.28. The van der Waals surface area contributed by atoms with Crippen LogP contribution in [0.3, 0.4) is 0 Å². The molecule has 0 heterocycles. The number of rotatable bonds is 3. The molecule has 3 nitrogen and oxygen atoms in total. The van der Waals surface area contributed by atoms with E-state index in [1.807, 2.05) is 44.4 Å². The van der Waals surface area contributed by atoms with E-state index in [2.05, 4.69) is 38.3 Å². The number of nitrogen functional groups attached to an aromatic ring is 1. The molecule has 2 aromatic carbocycles. The number of nitrogens with one attached hydrogen (secondary N) is 1. The van der Waals surface area contributed by atoms with Crippen molar-refractivity contribution in [3.63, 3.8) is 0 Å². The summed E-state index contributed by atoms with van der Waals surface area (Å²) in [5.41, 5.74) is 9.67. The van der Waals surface area contributed by atoms with Crippen LogP contribution in [0.2, 0.25) is 0 Å². The summed E-state index contributed by atoms with van der Waals surface area (Å²) in [6.45, 7) is 0. The highest BCUT2D eigenvalue weighted by atomic mass is 79.9. The number of hydrogen-bond donors (Lipinski definition) is 2. The maximum Gasteiger partial charge on any atom is 0.0530 e. The van der Waals surface area contributed by atoms with Crippen molar-refractivity contribution < 1.29 is 0 Å². The van der Waals surface area contributed by atoms with Crippen LogP contribution in [0.15, 0.2) is 46.9 Å². The van der Waals surface area contributed by atoms with E-state index >= 15 is 0 Å². The first-order valence-corrected chi connectivity index (χ1v) is 6.45. The molecule has 0 atom stereocenters. The number of nitrogens with two attached hydrogens (primary N) is 1. The summed E-state index contributed by atoms with van der Waals surface area (Å²) in [4.78, 5) is 2.07. The molecule has 18 heavy (non-hydrogen) atoms. The normalized spacial score (nSPS) is 10.2. The Morgan fingerprint density at radius 3 is 2.56 bits per heavy atom. The molecule has 0 amide bonds. The van der Waals surface area contributed by atoms with Gasteiger partial charge in [0.15, 0.2) is 0 Å². The fraction of sp³-hybridized carbons (Fsp3) is 0.143. The van der Waals surface area contributed by atoms with Gasteiger partial charge in [-0.1, -0.05) is 6.07 Å². The van der Waals surface area contributed by atoms with Crippen molar-refractivity contribution in [2.45, 2.75) is 0 Å². The van der Waals surface area contributed by atoms with Gasteiger partial charge in [-0.05, 0) is 52.3 Å². The zero-order chi connectivity index (χ0) is 13.1. The van der Waals surface area contributed by atoms with Crippen molar-refractivity contribution >= 4 is 38.7 Å². The molecule has 0 aliphatic heterocycles. The molecule has 0 radical (unpaired) electrons. The lowest BCUT2D eigenvalue weighted by Crippen LogP contribution is -2.08. The van der Waals surface area contributed by atoms with E-state index in [0.29, 0.717) is 0 Å². The molecule has 0 saturated heterocycles. The van der Waals surface area contributed by atoms with Crippen molar-refractivity contribution in [2.75, 3.05) is 30.0 Å². The fourth-order valence-electron chi connectivity index (χ4n) is 1.65. The second kappa shape index (κ2) is 5.31. The second-order valence-corrected chi connectivity index (χ2v) is 5.16. The molecule has 0 fully saturated rings. The van der Waals surface area contributed by atoms with E-state index in [4.69, 9.17) is 5.73 Å². The van der Waals surface area contributed by atoms with E-state index in [9.17, 15) is 0 Å². The quantitative estimate of drug-likeness (QED) is 0.847. The lowest BCUT2D eigenvalue weighted by molar-refractivity contribution is 1.13. The lowest BCUT2D eigenvalue weighted by atomic mass is 10.2. The molecular formula is C14H16BrN3. The average molecular weight is 306 g/mol. The van der Waals surface area contributed by atoms with E-state index in [1.165, 1.54) is 0 Å². The maximum absolute atomic E-state index is 5.72. The van der Waals surface area contributed by atoms with Crippen LogP contribution in [-0.4, -0.2) is 14.1 Å². The van der Waals surface area contributed by atoms with Crippen LogP contribution >= 0.6 is 15.9 Å². The van der Waals surface area contributed by atoms with Gasteiger partial charge in [0, 0.05) is 35.6 Å². The molecular weight excluding hydrogens is 290 g/mol.